The van der Waals surface area contributed by atoms with Crippen molar-refractivity contribution in [3.05, 3.63) is 74.7 Å². The quantitative estimate of drug-likeness (QED) is 0.688. The zero-order chi connectivity index (χ0) is 19.0. The summed E-state index contributed by atoms with van der Waals surface area (Å²) in [7, 11) is 0. The van der Waals surface area contributed by atoms with Crippen molar-refractivity contribution in [2.75, 3.05) is 10.6 Å². The smallest absolute Gasteiger partial charge is 0.255 e. The molecule has 0 saturated carbocycles. The Morgan fingerprint density at radius 3 is 2.81 bits per heavy atom. The predicted molar refractivity (Wildman–Crippen MR) is 106 cm³/mol. The van der Waals surface area contributed by atoms with Crippen LogP contribution in [0, 0.1) is 11.3 Å². The average molecular weight is 396 g/mol. The zero-order valence-electron chi connectivity index (χ0n) is 14.2. The lowest BCUT2D eigenvalue weighted by Gasteiger charge is -2.29. The Morgan fingerprint density at radius 1 is 1.37 bits per heavy atom. The van der Waals surface area contributed by atoms with E-state index in [9.17, 15) is 10.1 Å². The van der Waals surface area contributed by atoms with Crippen molar-refractivity contribution in [1.29, 1.82) is 5.26 Å². The second kappa shape index (κ2) is 6.91. The van der Waals surface area contributed by atoms with Crippen LogP contribution in [0.1, 0.15) is 23.4 Å². The Balaban J connectivity index is 1.76. The topological polar surface area (TPSA) is 82.7 Å². The van der Waals surface area contributed by atoms with Crippen LogP contribution in [0.3, 0.4) is 0 Å². The van der Waals surface area contributed by atoms with E-state index in [1.54, 1.807) is 28.9 Å². The maximum Gasteiger partial charge on any atom is 0.255 e. The highest BCUT2D eigenvalue weighted by Crippen LogP contribution is 2.39. The summed E-state index contributed by atoms with van der Waals surface area (Å²) in [5.74, 6) is 0.358. The zero-order valence-corrected chi connectivity index (χ0v) is 15.8. The summed E-state index contributed by atoms with van der Waals surface area (Å²) >= 11 is 7.45. The number of rotatable bonds is 3. The molecule has 1 aliphatic rings. The van der Waals surface area contributed by atoms with Gasteiger partial charge < -0.3 is 10.6 Å². The number of hydrogen-bond acceptors (Lipinski definition) is 5. The van der Waals surface area contributed by atoms with Crippen LogP contribution in [0.5, 0.6) is 0 Å². The number of hydrogen-bond donors (Lipinski definition) is 2. The molecular weight excluding hydrogens is 382 g/mol. The Bertz CT molecular complexity index is 1080. The van der Waals surface area contributed by atoms with E-state index >= 15 is 0 Å². The standard InChI is InChI=1S/C19H14ClN5OS/c1-11-16(19(26)24-14-6-4-13(20)5-7-14)17(15-3-2-8-27-15)25-18(23-11)12(9-21)10-22-25/h2-8,10,17,23H,1H3,(H,24,26). The van der Waals surface area contributed by atoms with Gasteiger partial charge in [0.25, 0.3) is 5.91 Å². The third kappa shape index (κ3) is 3.10. The highest BCUT2D eigenvalue weighted by molar-refractivity contribution is 7.10. The first-order chi connectivity index (χ1) is 13.1. The average Bonchev–Trinajstić information content (AvgIpc) is 3.32. The number of nitrogens with one attached hydrogen (secondary N) is 2. The Labute approximate surface area is 164 Å². The number of thiophene rings is 1. The first-order valence-electron chi connectivity index (χ1n) is 8.14. The SMILES string of the molecule is CC1=C(C(=O)Nc2ccc(Cl)cc2)C(c2cccs2)n2ncc(C#N)c2N1. The lowest BCUT2D eigenvalue weighted by atomic mass is 10.00. The summed E-state index contributed by atoms with van der Waals surface area (Å²) in [5.41, 5.74) is 2.32. The van der Waals surface area contributed by atoms with Crippen LogP contribution in [-0.2, 0) is 4.79 Å². The molecule has 0 bridgehead atoms. The number of nitrogens with zero attached hydrogens (tertiary/aromatic N) is 3. The molecule has 2 aromatic heterocycles. The van der Waals surface area contributed by atoms with Gasteiger partial charge in [0.2, 0.25) is 0 Å². The summed E-state index contributed by atoms with van der Waals surface area (Å²) in [5, 5.41) is 22.3. The third-order valence-corrected chi connectivity index (χ3v) is 5.48. The van der Waals surface area contributed by atoms with E-state index in [2.05, 4.69) is 21.8 Å². The number of halogens is 1. The summed E-state index contributed by atoms with van der Waals surface area (Å²) < 4.78 is 1.69. The molecule has 1 aliphatic heterocycles. The lowest BCUT2D eigenvalue weighted by molar-refractivity contribution is -0.113. The van der Waals surface area contributed by atoms with Crippen LogP contribution < -0.4 is 10.6 Å². The van der Waals surface area contributed by atoms with Crippen molar-refractivity contribution in [2.24, 2.45) is 0 Å². The fraction of sp³-hybridized carbons (Fsp3) is 0.105. The van der Waals surface area contributed by atoms with Crippen LogP contribution in [-0.4, -0.2) is 15.7 Å². The number of carbonyl (C=O) groups excluding carboxylic acids is 1. The minimum Gasteiger partial charge on any atom is -0.343 e. The van der Waals surface area contributed by atoms with Crippen molar-refractivity contribution in [3.63, 3.8) is 0 Å². The molecule has 0 radical (unpaired) electrons. The van der Waals surface area contributed by atoms with Crippen LogP contribution in [0.4, 0.5) is 11.5 Å². The molecule has 1 aromatic carbocycles. The minimum atomic E-state index is -0.407. The van der Waals surface area contributed by atoms with Gasteiger partial charge in [0.15, 0.2) is 0 Å². The van der Waals surface area contributed by atoms with E-state index in [1.165, 1.54) is 17.5 Å². The maximum atomic E-state index is 13.1. The van der Waals surface area contributed by atoms with Crippen molar-refractivity contribution in [3.8, 4) is 6.07 Å². The number of carbonyl (C=O) groups is 1. The molecule has 1 amide bonds. The van der Waals surface area contributed by atoms with Crippen molar-refractivity contribution in [2.45, 2.75) is 13.0 Å². The second-order valence-electron chi connectivity index (χ2n) is 6.01. The number of fused-ring (bicyclic) bond motifs is 1. The highest BCUT2D eigenvalue weighted by atomic mass is 35.5. The molecule has 3 aromatic rings. The Hall–Kier alpha value is -3.08. The molecule has 27 heavy (non-hydrogen) atoms. The molecule has 0 aliphatic carbocycles. The molecule has 4 rings (SSSR count). The maximum absolute atomic E-state index is 13.1. The van der Waals surface area contributed by atoms with E-state index in [0.717, 1.165) is 4.88 Å². The second-order valence-corrected chi connectivity index (χ2v) is 7.42. The summed E-state index contributed by atoms with van der Waals surface area (Å²) in [6.45, 7) is 1.83. The van der Waals surface area contributed by atoms with Gasteiger partial charge in [-0.1, -0.05) is 17.7 Å². The van der Waals surface area contributed by atoms with Crippen LogP contribution in [0.15, 0.2) is 59.2 Å². The van der Waals surface area contributed by atoms with Crippen molar-refractivity contribution in [1.82, 2.24) is 9.78 Å². The van der Waals surface area contributed by atoms with E-state index < -0.39 is 6.04 Å². The first kappa shape index (κ1) is 17.3. The first-order valence-corrected chi connectivity index (χ1v) is 9.40. The molecule has 8 heteroatoms. The predicted octanol–water partition coefficient (Wildman–Crippen LogP) is 4.40. The van der Waals surface area contributed by atoms with E-state index in [4.69, 9.17) is 11.6 Å². The molecule has 134 valence electrons. The molecule has 6 nitrogen and oxygen atoms in total. The van der Waals surface area contributed by atoms with E-state index in [1.807, 2.05) is 24.4 Å². The lowest BCUT2D eigenvalue weighted by Crippen LogP contribution is -2.31. The minimum absolute atomic E-state index is 0.236. The molecule has 0 spiro atoms. The van der Waals surface area contributed by atoms with Gasteiger partial charge in [0.1, 0.15) is 23.5 Å². The number of aromatic nitrogens is 2. The number of allylic oxidation sites excluding steroid dienone is 1. The highest BCUT2D eigenvalue weighted by Gasteiger charge is 2.34. The van der Waals surface area contributed by atoms with Crippen LogP contribution in [0.2, 0.25) is 5.02 Å². The fourth-order valence-electron chi connectivity index (χ4n) is 3.07. The summed E-state index contributed by atoms with van der Waals surface area (Å²) in [4.78, 5) is 14.1. The summed E-state index contributed by atoms with van der Waals surface area (Å²) in [6.07, 6.45) is 1.51. The molecular formula is C19H14ClN5OS. The normalized spacial score (nSPS) is 15.7. The fourth-order valence-corrected chi connectivity index (χ4v) is 4.02. The molecule has 0 fully saturated rings. The largest absolute Gasteiger partial charge is 0.343 e. The molecule has 2 N–H and O–H groups in total. The van der Waals surface area contributed by atoms with Crippen molar-refractivity contribution < 1.29 is 4.79 Å². The van der Waals surface area contributed by atoms with Gasteiger partial charge in [-0.15, -0.1) is 11.3 Å². The van der Waals surface area contributed by atoms with Crippen LogP contribution in [0.25, 0.3) is 0 Å². The van der Waals surface area contributed by atoms with Crippen LogP contribution >= 0.6 is 22.9 Å². The van der Waals surface area contributed by atoms with Gasteiger partial charge >= 0.3 is 0 Å². The molecule has 0 saturated heterocycles. The van der Waals surface area contributed by atoms with Crippen molar-refractivity contribution >= 4 is 40.4 Å². The number of benzene rings is 1. The molecule has 3 heterocycles. The summed E-state index contributed by atoms with van der Waals surface area (Å²) in [6, 6.07) is 12.6. The van der Waals surface area contributed by atoms with Gasteiger partial charge in [-0.25, -0.2) is 4.68 Å². The Morgan fingerprint density at radius 2 is 2.15 bits per heavy atom. The van der Waals surface area contributed by atoms with Gasteiger partial charge in [0.05, 0.1) is 11.8 Å². The number of nitriles is 1. The van der Waals surface area contributed by atoms with Gasteiger partial charge in [-0.2, -0.15) is 10.4 Å². The molecule has 1 unspecified atom stereocenters. The third-order valence-electron chi connectivity index (χ3n) is 4.30. The van der Waals surface area contributed by atoms with Gasteiger partial charge in [-0.3, -0.25) is 4.79 Å². The Kier molecular flexibility index (Phi) is 4.44. The number of amides is 1. The number of anilines is 2. The monoisotopic (exact) mass is 395 g/mol. The van der Waals surface area contributed by atoms with Gasteiger partial charge in [-0.05, 0) is 42.6 Å². The van der Waals surface area contributed by atoms with E-state index in [-0.39, 0.29) is 5.91 Å². The van der Waals surface area contributed by atoms with E-state index in [0.29, 0.717) is 33.4 Å². The van der Waals surface area contributed by atoms with Gasteiger partial charge in [0, 0.05) is 21.3 Å². The molecule has 1 atom stereocenters.